The summed E-state index contributed by atoms with van der Waals surface area (Å²) in [5, 5.41) is 0. The van der Waals surface area contributed by atoms with Gasteiger partial charge in [0.05, 0.1) is 21.3 Å². The van der Waals surface area contributed by atoms with Gasteiger partial charge in [-0.05, 0) is 43.5 Å². The van der Waals surface area contributed by atoms with Gasteiger partial charge in [-0.1, -0.05) is 6.92 Å². The lowest BCUT2D eigenvalue weighted by Crippen LogP contribution is -2.57. The zero-order valence-corrected chi connectivity index (χ0v) is 19.4. The van der Waals surface area contributed by atoms with Crippen molar-refractivity contribution in [3.05, 3.63) is 35.4 Å². The summed E-state index contributed by atoms with van der Waals surface area (Å²) >= 11 is 0. The molecular formula is C25H31NO6. The molecule has 1 fully saturated rings. The van der Waals surface area contributed by atoms with Crippen LogP contribution in [0, 0.1) is 5.92 Å². The number of hydrogen-bond acceptors (Lipinski definition) is 7. The summed E-state index contributed by atoms with van der Waals surface area (Å²) in [6, 6.07) is 8.13. The van der Waals surface area contributed by atoms with Gasteiger partial charge >= 0.3 is 0 Å². The normalized spacial score (nSPS) is 26.4. The fourth-order valence-electron chi connectivity index (χ4n) is 5.43. The van der Waals surface area contributed by atoms with Crippen molar-refractivity contribution in [3.8, 4) is 34.5 Å². The molecule has 0 amide bonds. The predicted octanol–water partition coefficient (Wildman–Crippen LogP) is 4.41. The van der Waals surface area contributed by atoms with Crippen molar-refractivity contribution in [2.45, 2.75) is 38.3 Å². The molecule has 7 nitrogen and oxygen atoms in total. The second-order valence-electron chi connectivity index (χ2n) is 8.82. The molecule has 0 spiro atoms. The van der Waals surface area contributed by atoms with E-state index in [1.807, 2.05) is 18.2 Å². The van der Waals surface area contributed by atoms with E-state index in [-0.39, 0.29) is 18.6 Å². The molecule has 0 unspecified atom stereocenters. The molecule has 3 aliphatic rings. The minimum Gasteiger partial charge on any atom is -0.493 e. The van der Waals surface area contributed by atoms with Gasteiger partial charge < -0.3 is 28.4 Å². The molecule has 3 atom stereocenters. The lowest BCUT2D eigenvalue weighted by Gasteiger charge is -2.50. The quantitative estimate of drug-likeness (QED) is 0.681. The highest BCUT2D eigenvalue weighted by Crippen LogP contribution is 2.54. The molecule has 5 rings (SSSR count). The van der Waals surface area contributed by atoms with Crippen molar-refractivity contribution in [1.82, 2.24) is 4.90 Å². The number of fused-ring (bicyclic) bond motifs is 2. The van der Waals surface area contributed by atoms with Crippen LogP contribution in [0.15, 0.2) is 24.3 Å². The van der Waals surface area contributed by atoms with Crippen LogP contribution in [-0.4, -0.2) is 51.8 Å². The zero-order valence-electron chi connectivity index (χ0n) is 19.4. The molecule has 0 aromatic heterocycles. The highest BCUT2D eigenvalue weighted by molar-refractivity contribution is 5.60. The van der Waals surface area contributed by atoms with Gasteiger partial charge in [0.2, 0.25) is 12.5 Å². The van der Waals surface area contributed by atoms with Gasteiger partial charge in [0.25, 0.3) is 0 Å². The smallest absolute Gasteiger partial charge is 0.231 e. The SMILES string of the molecule is COc1cc([C@@H]2c3cc4c(cc3O[C@](C)(N3CCCC3)[C@H]2C)OCO4)cc(OC)c1OC. The molecule has 0 radical (unpaired) electrons. The summed E-state index contributed by atoms with van der Waals surface area (Å²) in [6.45, 7) is 6.76. The number of rotatable bonds is 5. The van der Waals surface area contributed by atoms with E-state index in [0.717, 1.165) is 41.5 Å². The standard InChI is InChI=1S/C25H31NO6/c1-15-23(16-10-21(27-3)24(29-5)22(11-16)28-4)17-12-19-20(31-14-30-19)13-18(17)32-25(15,2)26-8-6-7-9-26/h10-13,15,23H,6-9,14H2,1-5H3/t15-,23+,25-/m0/s1. The lowest BCUT2D eigenvalue weighted by atomic mass is 9.73. The first-order valence-electron chi connectivity index (χ1n) is 11.2. The maximum Gasteiger partial charge on any atom is 0.231 e. The zero-order chi connectivity index (χ0) is 22.5. The lowest BCUT2D eigenvalue weighted by molar-refractivity contribution is -0.114. The Morgan fingerprint density at radius 3 is 2.09 bits per heavy atom. The Labute approximate surface area is 189 Å². The van der Waals surface area contributed by atoms with Crippen molar-refractivity contribution in [3.63, 3.8) is 0 Å². The Morgan fingerprint density at radius 2 is 1.50 bits per heavy atom. The molecule has 2 aromatic rings. The molecule has 0 bridgehead atoms. The molecule has 0 saturated carbocycles. The molecule has 0 aliphatic carbocycles. The van der Waals surface area contributed by atoms with E-state index in [1.165, 1.54) is 12.8 Å². The molecule has 172 valence electrons. The summed E-state index contributed by atoms with van der Waals surface area (Å²) in [6.07, 6.45) is 2.38. The Kier molecular flexibility index (Phi) is 5.24. The van der Waals surface area contributed by atoms with E-state index >= 15 is 0 Å². The number of ether oxygens (including phenoxy) is 6. The second kappa shape index (κ2) is 7.96. The van der Waals surface area contributed by atoms with Crippen LogP contribution < -0.4 is 28.4 Å². The summed E-state index contributed by atoms with van der Waals surface area (Å²) in [5.41, 5.74) is 1.70. The summed E-state index contributed by atoms with van der Waals surface area (Å²) in [7, 11) is 4.92. The van der Waals surface area contributed by atoms with Crippen molar-refractivity contribution in [2.75, 3.05) is 41.2 Å². The average molecular weight is 442 g/mol. The van der Waals surface area contributed by atoms with E-state index in [4.69, 9.17) is 28.4 Å². The van der Waals surface area contributed by atoms with E-state index in [1.54, 1.807) is 21.3 Å². The van der Waals surface area contributed by atoms with E-state index in [0.29, 0.717) is 17.2 Å². The van der Waals surface area contributed by atoms with Crippen LogP contribution >= 0.6 is 0 Å². The fraction of sp³-hybridized carbons (Fsp3) is 0.520. The third-order valence-corrected chi connectivity index (χ3v) is 7.28. The van der Waals surface area contributed by atoms with Gasteiger partial charge in [-0.2, -0.15) is 0 Å². The maximum absolute atomic E-state index is 6.75. The van der Waals surface area contributed by atoms with Crippen LogP contribution in [0.5, 0.6) is 34.5 Å². The van der Waals surface area contributed by atoms with Gasteiger partial charge in [0, 0.05) is 36.6 Å². The summed E-state index contributed by atoms with van der Waals surface area (Å²) in [4.78, 5) is 2.47. The monoisotopic (exact) mass is 441 g/mol. The molecule has 0 N–H and O–H groups in total. The topological polar surface area (TPSA) is 58.6 Å². The molecule has 7 heteroatoms. The highest BCUT2D eigenvalue weighted by atomic mass is 16.7. The average Bonchev–Trinajstić information content (AvgIpc) is 3.50. The molecule has 3 aliphatic heterocycles. The Hall–Kier alpha value is -2.80. The highest BCUT2D eigenvalue weighted by Gasteiger charge is 2.50. The van der Waals surface area contributed by atoms with Gasteiger partial charge in [0.15, 0.2) is 28.7 Å². The van der Waals surface area contributed by atoms with Gasteiger partial charge in [-0.3, -0.25) is 4.90 Å². The van der Waals surface area contributed by atoms with Gasteiger partial charge in [-0.15, -0.1) is 0 Å². The Balaban J connectivity index is 1.70. The third-order valence-electron chi connectivity index (χ3n) is 7.28. The first-order valence-corrected chi connectivity index (χ1v) is 11.2. The summed E-state index contributed by atoms with van der Waals surface area (Å²) in [5.74, 6) is 4.37. The second-order valence-corrected chi connectivity index (χ2v) is 8.82. The van der Waals surface area contributed by atoms with Crippen LogP contribution in [-0.2, 0) is 0 Å². The first-order chi connectivity index (χ1) is 15.5. The summed E-state index contributed by atoms with van der Waals surface area (Å²) < 4.78 is 35.0. The molecule has 1 saturated heterocycles. The molecule has 32 heavy (non-hydrogen) atoms. The number of methoxy groups -OCH3 is 3. The van der Waals surface area contributed by atoms with E-state index in [2.05, 4.69) is 24.8 Å². The van der Waals surface area contributed by atoms with Crippen LogP contribution in [0.4, 0.5) is 0 Å². The number of nitrogens with zero attached hydrogens (tertiary/aromatic N) is 1. The largest absolute Gasteiger partial charge is 0.493 e. The maximum atomic E-state index is 6.75. The minimum absolute atomic E-state index is 0.0348. The molecular weight excluding hydrogens is 410 g/mol. The number of likely N-dealkylation sites (tertiary alicyclic amines) is 1. The van der Waals surface area contributed by atoms with Gasteiger partial charge in [-0.25, -0.2) is 0 Å². The van der Waals surface area contributed by atoms with Crippen molar-refractivity contribution in [2.24, 2.45) is 5.92 Å². The first kappa shape index (κ1) is 21.1. The van der Waals surface area contributed by atoms with Crippen molar-refractivity contribution < 1.29 is 28.4 Å². The third kappa shape index (κ3) is 3.13. The van der Waals surface area contributed by atoms with Crippen LogP contribution in [0.25, 0.3) is 0 Å². The number of benzene rings is 2. The van der Waals surface area contributed by atoms with Crippen molar-refractivity contribution in [1.29, 1.82) is 0 Å². The number of hydrogen-bond donors (Lipinski definition) is 0. The van der Waals surface area contributed by atoms with Crippen LogP contribution in [0.3, 0.4) is 0 Å². The molecule has 2 aromatic carbocycles. The van der Waals surface area contributed by atoms with Crippen LogP contribution in [0.2, 0.25) is 0 Å². The minimum atomic E-state index is -0.456. The Bertz CT molecular complexity index is 993. The predicted molar refractivity (Wildman–Crippen MR) is 120 cm³/mol. The van der Waals surface area contributed by atoms with Gasteiger partial charge in [0.1, 0.15) is 5.75 Å². The van der Waals surface area contributed by atoms with E-state index in [9.17, 15) is 0 Å². The van der Waals surface area contributed by atoms with Crippen LogP contribution in [0.1, 0.15) is 43.7 Å². The van der Waals surface area contributed by atoms with E-state index < -0.39 is 5.72 Å². The molecule has 3 heterocycles. The van der Waals surface area contributed by atoms with Crippen molar-refractivity contribution >= 4 is 0 Å². The Morgan fingerprint density at radius 1 is 0.875 bits per heavy atom. The fourth-order valence-corrected chi connectivity index (χ4v) is 5.43.